The monoisotopic (exact) mass is 307 g/mol. The number of hydrogen-bond donors (Lipinski definition) is 1. The van der Waals surface area contributed by atoms with Crippen LogP contribution in [-0.4, -0.2) is 67.8 Å². The Morgan fingerprint density at radius 3 is 2.10 bits per heavy atom. The Bertz CT molecular complexity index is 293. The maximum absolute atomic E-state index is 12.3. The van der Waals surface area contributed by atoms with Gasteiger partial charge in [0.05, 0.1) is 6.54 Å². The van der Waals surface area contributed by atoms with Gasteiger partial charge in [0.2, 0.25) is 0 Å². The first-order valence-electron chi connectivity index (χ1n) is 8.17. The second-order valence-corrected chi connectivity index (χ2v) is 6.64. The fourth-order valence-electron chi connectivity index (χ4n) is 3.26. The van der Waals surface area contributed by atoms with Crippen LogP contribution in [0.5, 0.6) is 0 Å². The highest BCUT2D eigenvalue weighted by Gasteiger charge is 2.32. The van der Waals surface area contributed by atoms with Crippen molar-refractivity contribution in [2.75, 3.05) is 45.8 Å². The molecule has 2 aliphatic rings. The number of piperidine rings is 2. The number of rotatable bonds is 5. The fraction of sp³-hybridized carbons (Fsp3) is 1.00. The minimum Gasteiger partial charge on any atom is -0.313 e. The molecule has 2 fully saturated rings. The molecule has 2 saturated heterocycles. The molecule has 0 amide bonds. The molecule has 0 aromatic carbocycles. The van der Waals surface area contributed by atoms with E-state index in [1.807, 2.05) is 0 Å². The van der Waals surface area contributed by atoms with Crippen molar-refractivity contribution in [3.63, 3.8) is 0 Å². The molecule has 0 spiro atoms. The summed E-state index contributed by atoms with van der Waals surface area (Å²) in [5.41, 5.74) is 0. The molecule has 2 rings (SSSR count). The summed E-state index contributed by atoms with van der Waals surface area (Å²) in [5.74, 6) is 0.854. The molecule has 0 aliphatic carbocycles. The van der Waals surface area contributed by atoms with Crippen LogP contribution >= 0.6 is 0 Å². The maximum atomic E-state index is 12.3. The smallest absolute Gasteiger partial charge is 0.313 e. The van der Waals surface area contributed by atoms with Gasteiger partial charge >= 0.3 is 6.18 Å². The van der Waals surface area contributed by atoms with Gasteiger partial charge in [-0.2, -0.15) is 13.2 Å². The van der Waals surface area contributed by atoms with Crippen molar-refractivity contribution in [2.45, 2.75) is 44.8 Å². The van der Waals surface area contributed by atoms with E-state index in [1.54, 1.807) is 0 Å². The van der Waals surface area contributed by atoms with Crippen LogP contribution in [0.3, 0.4) is 0 Å². The van der Waals surface area contributed by atoms with Gasteiger partial charge in [-0.15, -0.1) is 0 Å². The van der Waals surface area contributed by atoms with E-state index in [2.05, 4.69) is 17.1 Å². The number of halogens is 3. The summed E-state index contributed by atoms with van der Waals surface area (Å²) in [6, 6.07) is 0.387. The van der Waals surface area contributed by atoms with E-state index in [9.17, 15) is 13.2 Å². The van der Waals surface area contributed by atoms with Gasteiger partial charge in [0.15, 0.2) is 0 Å². The molecular weight excluding hydrogens is 279 g/mol. The zero-order chi connectivity index (χ0) is 15.3. The Morgan fingerprint density at radius 1 is 0.952 bits per heavy atom. The lowest BCUT2D eigenvalue weighted by atomic mass is 9.99. The average molecular weight is 307 g/mol. The third-order valence-corrected chi connectivity index (χ3v) is 4.73. The summed E-state index contributed by atoms with van der Waals surface area (Å²) in [6.45, 7) is 7.06. The van der Waals surface area contributed by atoms with Gasteiger partial charge in [-0.3, -0.25) is 4.90 Å². The lowest BCUT2D eigenvalue weighted by molar-refractivity contribution is -0.148. The van der Waals surface area contributed by atoms with Crippen LogP contribution in [-0.2, 0) is 0 Å². The lowest BCUT2D eigenvalue weighted by Crippen LogP contribution is -2.47. The van der Waals surface area contributed by atoms with E-state index in [0.717, 1.165) is 31.8 Å². The Balaban J connectivity index is 1.55. The van der Waals surface area contributed by atoms with Gasteiger partial charge in [-0.1, -0.05) is 6.92 Å². The summed E-state index contributed by atoms with van der Waals surface area (Å²) in [7, 11) is 0. The van der Waals surface area contributed by atoms with Crippen molar-refractivity contribution in [3.8, 4) is 0 Å². The van der Waals surface area contributed by atoms with Crippen molar-refractivity contribution < 1.29 is 13.2 Å². The van der Waals surface area contributed by atoms with Crippen molar-refractivity contribution in [1.82, 2.24) is 15.1 Å². The molecule has 0 radical (unpaired) electrons. The number of hydrogen-bond acceptors (Lipinski definition) is 3. The zero-order valence-electron chi connectivity index (χ0n) is 13.0. The van der Waals surface area contributed by atoms with Gasteiger partial charge in [0, 0.05) is 19.1 Å². The highest BCUT2D eigenvalue weighted by Crippen LogP contribution is 2.20. The van der Waals surface area contributed by atoms with Crippen molar-refractivity contribution in [3.05, 3.63) is 0 Å². The summed E-state index contributed by atoms with van der Waals surface area (Å²) in [5, 5.41) is 3.51. The normalized spacial score (nSPS) is 24.6. The van der Waals surface area contributed by atoms with E-state index < -0.39 is 12.7 Å². The minimum atomic E-state index is -4.06. The van der Waals surface area contributed by atoms with Crippen LogP contribution in [0.4, 0.5) is 13.2 Å². The molecule has 21 heavy (non-hydrogen) atoms. The van der Waals surface area contributed by atoms with Crippen molar-refractivity contribution in [1.29, 1.82) is 0 Å². The third kappa shape index (κ3) is 6.53. The van der Waals surface area contributed by atoms with Gasteiger partial charge in [-0.25, -0.2) is 0 Å². The van der Waals surface area contributed by atoms with Crippen molar-refractivity contribution >= 4 is 0 Å². The zero-order valence-corrected chi connectivity index (χ0v) is 13.0. The van der Waals surface area contributed by atoms with Crippen molar-refractivity contribution in [2.24, 2.45) is 5.92 Å². The molecule has 0 aromatic heterocycles. The number of likely N-dealkylation sites (tertiary alicyclic amines) is 2. The summed E-state index contributed by atoms with van der Waals surface area (Å²) >= 11 is 0. The third-order valence-electron chi connectivity index (χ3n) is 4.73. The summed E-state index contributed by atoms with van der Waals surface area (Å²) < 4.78 is 36.9. The second kappa shape index (κ2) is 7.79. The second-order valence-electron chi connectivity index (χ2n) is 6.64. The standard InChI is InChI=1S/C15H28F3N3/c1-13-2-7-20(8-3-13)11-6-19-14-4-9-21(10-5-14)12-15(16,17)18/h13-14,19H,2-12H2,1H3. The largest absolute Gasteiger partial charge is 0.401 e. The van der Waals surface area contributed by atoms with Gasteiger partial charge in [0.25, 0.3) is 0 Å². The number of nitrogens with zero attached hydrogens (tertiary/aromatic N) is 2. The SMILES string of the molecule is CC1CCN(CCNC2CCN(CC(F)(F)F)CC2)CC1. The quantitative estimate of drug-likeness (QED) is 0.841. The molecule has 1 N–H and O–H groups in total. The molecule has 3 nitrogen and oxygen atoms in total. The molecule has 0 bridgehead atoms. The van der Waals surface area contributed by atoms with Crippen LogP contribution in [0.15, 0.2) is 0 Å². The van der Waals surface area contributed by atoms with Crippen LogP contribution in [0.2, 0.25) is 0 Å². The molecule has 124 valence electrons. The Morgan fingerprint density at radius 2 is 1.52 bits per heavy atom. The van der Waals surface area contributed by atoms with E-state index >= 15 is 0 Å². The van der Waals surface area contributed by atoms with Gasteiger partial charge in [-0.05, 0) is 57.8 Å². The molecule has 0 unspecified atom stereocenters. The van der Waals surface area contributed by atoms with E-state index in [1.165, 1.54) is 30.8 Å². The number of nitrogens with one attached hydrogen (secondary N) is 1. The Hall–Kier alpha value is -0.330. The fourth-order valence-corrected chi connectivity index (χ4v) is 3.26. The van der Waals surface area contributed by atoms with Crippen LogP contribution in [0.1, 0.15) is 32.6 Å². The molecule has 0 atom stereocenters. The van der Waals surface area contributed by atoms with Crippen LogP contribution < -0.4 is 5.32 Å². The average Bonchev–Trinajstić information content (AvgIpc) is 2.41. The van der Waals surface area contributed by atoms with E-state index in [0.29, 0.717) is 19.1 Å². The van der Waals surface area contributed by atoms with Gasteiger partial charge < -0.3 is 10.2 Å². The highest BCUT2D eigenvalue weighted by atomic mass is 19.4. The maximum Gasteiger partial charge on any atom is 0.401 e. The Labute approximate surface area is 125 Å². The first-order chi connectivity index (χ1) is 9.92. The Kier molecular flexibility index (Phi) is 6.32. The molecule has 6 heteroatoms. The first-order valence-corrected chi connectivity index (χ1v) is 8.17. The van der Waals surface area contributed by atoms with E-state index in [-0.39, 0.29) is 0 Å². The van der Waals surface area contributed by atoms with E-state index in [4.69, 9.17) is 0 Å². The molecule has 2 aliphatic heterocycles. The minimum absolute atomic E-state index is 0.387. The topological polar surface area (TPSA) is 18.5 Å². The first kappa shape index (κ1) is 17.0. The highest BCUT2D eigenvalue weighted by molar-refractivity contribution is 4.79. The van der Waals surface area contributed by atoms with Crippen LogP contribution in [0.25, 0.3) is 0 Å². The molecule has 0 aromatic rings. The molecular formula is C15H28F3N3. The predicted octanol–water partition coefficient (Wildman–Crippen LogP) is 2.33. The lowest BCUT2D eigenvalue weighted by Gasteiger charge is -2.34. The molecule has 0 saturated carbocycles. The predicted molar refractivity (Wildman–Crippen MR) is 78.4 cm³/mol. The molecule has 2 heterocycles. The van der Waals surface area contributed by atoms with Gasteiger partial charge in [0.1, 0.15) is 0 Å². The summed E-state index contributed by atoms with van der Waals surface area (Å²) in [6.07, 6.45) is 0.164. The summed E-state index contributed by atoms with van der Waals surface area (Å²) in [4.78, 5) is 4.01. The number of alkyl halides is 3. The van der Waals surface area contributed by atoms with Crippen LogP contribution in [0, 0.1) is 5.92 Å².